The van der Waals surface area contributed by atoms with E-state index in [1.807, 2.05) is 12.1 Å². The number of nitrogens with one attached hydrogen (secondary N) is 1. The van der Waals surface area contributed by atoms with E-state index in [1.54, 1.807) is 0 Å². The number of halogens is 1. The molecule has 1 aromatic heterocycles. The van der Waals surface area contributed by atoms with Crippen LogP contribution in [0.1, 0.15) is 30.8 Å². The van der Waals surface area contributed by atoms with Gasteiger partial charge < -0.3 is 14.6 Å². The van der Waals surface area contributed by atoms with Gasteiger partial charge in [0.1, 0.15) is 11.9 Å². The summed E-state index contributed by atoms with van der Waals surface area (Å²) in [7, 11) is 0. The SMILES string of the molecule is Clc1ccc2c(c1)nc(C1CNCCO1)n2C1CC1. The molecule has 4 rings (SSSR count). The Balaban J connectivity index is 1.85. The predicted octanol–water partition coefficient (Wildman–Crippen LogP) is 2.69. The van der Waals surface area contributed by atoms with E-state index in [0.717, 1.165) is 36.1 Å². The van der Waals surface area contributed by atoms with Crippen molar-refractivity contribution in [1.82, 2.24) is 14.9 Å². The monoisotopic (exact) mass is 277 g/mol. The number of rotatable bonds is 2. The van der Waals surface area contributed by atoms with Crippen molar-refractivity contribution in [2.45, 2.75) is 25.0 Å². The maximum absolute atomic E-state index is 6.07. The summed E-state index contributed by atoms with van der Waals surface area (Å²) in [4.78, 5) is 4.77. The molecule has 2 fully saturated rings. The second-order valence-electron chi connectivity index (χ2n) is 5.27. The van der Waals surface area contributed by atoms with Crippen molar-refractivity contribution < 1.29 is 4.74 Å². The molecule has 5 heteroatoms. The van der Waals surface area contributed by atoms with Crippen molar-refractivity contribution in [1.29, 1.82) is 0 Å². The summed E-state index contributed by atoms with van der Waals surface area (Å²) in [5.41, 5.74) is 2.15. The third-order valence-electron chi connectivity index (χ3n) is 3.81. The molecule has 1 N–H and O–H groups in total. The van der Waals surface area contributed by atoms with Gasteiger partial charge in [0.05, 0.1) is 17.6 Å². The van der Waals surface area contributed by atoms with Gasteiger partial charge in [0.2, 0.25) is 0 Å². The Morgan fingerprint density at radius 1 is 1.37 bits per heavy atom. The second kappa shape index (κ2) is 4.47. The van der Waals surface area contributed by atoms with Crippen LogP contribution in [0.4, 0.5) is 0 Å². The number of imidazole rings is 1. The Labute approximate surface area is 116 Å². The quantitative estimate of drug-likeness (QED) is 0.917. The molecule has 0 radical (unpaired) electrons. The lowest BCUT2D eigenvalue weighted by Crippen LogP contribution is -2.34. The maximum Gasteiger partial charge on any atom is 0.140 e. The van der Waals surface area contributed by atoms with Gasteiger partial charge in [-0.15, -0.1) is 0 Å². The largest absolute Gasteiger partial charge is 0.368 e. The van der Waals surface area contributed by atoms with Gasteiger partial charge in [0, 0.05) is 24.2 Å². The van der Waals surface area contributed by atoms with Crippen molar-refractivity contribution in [3.05, 3.63) is 29.0 Å². The number of fused-ring (bicyclic) bond motifs is 1. The summed E-state index contributed by atoms with van der Waals surface area (Å²) >= 11 is 6.07. The Hall–Kier alpha value is -1.10. The molecule has 4 nitrogen and oxygen atoms in total. The molecule has 2 heterocycles. The first-order valence-electron chi connectivity index (χ1n) is 6.82. The molecule has 1 aliphatic carbocycles. The van der Waals surface area contributed by atoms with Gasteiger partial charge in [-0.25, -0.2) is 4.98 Å². The first-order chi connectivity index (χ1) is 9.33. The normalized spacial score (nSPS) is 23.9. The number of aromatic nitrogens is 2. The van der Waals surface area contributed by atoms with Gasteiger partial charge in [-0.05, 0) is 31.0 Å². The Kier molecular flexibility index (Phi) is 2.76. The molecule has 1 atom stereocenters. The summed E-state index contributed by atoms with van der Waals surface area (Å²) in [6.45, 7) is 2.51. The number of morpholine rings is 1. The van der Waals surface area contributed by atoms with E-state index in [9.17, 15) is 0 Å². The lowest BCUT2D eigenvalue weighted by Gasteiger charge is -2.24. The molecule has 1 saturated heterocycles. The van der Waals surface area contributed by atoms with E-state index < -0.39 is 0 Å². The highest BCUT2D eigenvalue weighted by atomic mass is 35.5. The number of ether oxygens (including phenoxy) is 1. The molecule has 0 bridgehead atoms. The molecular formula is C14H16ClN3O. The number of hydrogen-bond donors (Lipinski definition) is 1. The molecule has 0 amide bonds. The molecule has 1 unspecified atom stereocenters. The standard InChI is InChI=1S/C14H16ClN3O/c15-9-1-4-12-11(7-9)17-14(18(12)10-2-3-10)13-8-16-5-6-19-13/h1,4,7,10,13,16H,2-3,5-6,8H2. The van der Waals surface area contributed by atoms with E-state index in [4.69, 9.17) is 21.3 Å². The number of nitrogens with zero attached hydrogens (tertiary/aromatic N) is 2. The first kappa shape index (κ1) is 11.7. The minimum atomic E-state index is 0.0560. The third-order valence-corrected chi connectivity index (χ3v) is 4.04. The minimum absolute atomic E-state index is 0.0560. The summed E-state index contributed by atoms with van der Waals surface area (Å²) < 4.78 is 8.21. The molecule has 1 aromatic carbocycles. The minimum Gasteiger partial charge on any atom is -0.368 e. The van der Waals surface area contributed by atoms with E-state index >= 15 is 0 Å². The highest BCUT2D eigenvalue weighted by Crippen LogP contribution is 2.40. The highest BCUT2D eigenvalue weighted by molar-refractivity contribution is 6.31. The van der Waals surface area contributed by atoms with Crippen molar-refractivity contribution in [2.75, 3.05) is 19.7 Å². The Bertz CT molecular complexity index is 614. The van der Waals surface area contributed by atoms with E-state index in [1.165, 1.54) is 18.4 Å². The van der Waals surface area contributed by atoms with E-state index in [2.05, 4.69) is 16.0 Å². The van der Waals surface area contributed by atoms with Crippen LogP contribution < -0.4 is 5.32 Å². The molecule has 1 aliphatic heterocycles. The molecule has 1 saturated carbocycles. The van der Waals surface area contributed by atoms with Crippen LogP contribution in [0.15, 0.2) is 18.2 Å². The van der Waals surface area contributed by atoms with Gasteiger partial charge >= 0.3 is 0 Å². The Morgan fingerprint density at radius 3 is 3.00 bits per heavy atom. The van der Waals surface area contributed by atoms with Crippen LogP contribution >= 0.6 is 11.6 Å². The number of hydrogen-bond acceptors (Lipinski definition) is 3. The van der Waals surface area contributed by atoms with Crippen LogP contribution in [0.2, 0.25) is 5.02 Å². The van der Waals surface area contributed by atoms with Crippen molar-refractivity contribution in [3.63, 3.8) is 0 Å². The van der Waals surface area contributed by atoms with Crippen molar-refractivity contribution in [3.8, 4) is 0 Å². The summed E-state index contributed by atoms with van der Waals surface area (Å²) in [6.07, 6.45) is 2.53. The van der Waals surface area contributed by atoms with E-state index in [0.29, 0.717) is 6.04 Å². The summed E-state index contributed by atoms with van der Waals surface area (Å²) in [6, 6.07) is 6.54. The topological polar surface area (TPSA) is 39.1 Å². The molecule has 2 aromatic rings. The fourth-order valence-corrected chi connectivity index (χ4v) is 2.93. The van der Waals surface area contributed by atoms with Crippen LogP contribution in [0.3, 0.4) is 0 Å². The second-order valence-corrected chi connectivity index (χ2v) is 5.70. The van der Waals surface area contributed by atoms with Crippen molar-refractivity contribution in [2.24, 2.45) is 0 Å². The van der Waals surface area contributed by atoms with Crippen LogP contribution in [-0.2, 0) is 4.74 Å². The van der Waals surface area contributed by atoms with E-state index in [-0.39, 0.29) is 6.10 Å². The third kappa shape index (κ3) is 2.04. The fraction of sp³-hybridized carbons (Fsp3) is 0.500. The average molecular weight is 278 g/mol. The predicted molar refractivity (Wildman–Crippen MR) is 74.6 cm³/mol. The maximum atomic E-state index is 6.07. The average Bonchev–Trinajstić information content (AvgIpc) is 3.20. The van der Waals surface area contributed by atoms with Gasteiger partial charge in [0.15, 0.2) is 0 Å². The molecule has 100 valence electrons. The summed E-state index contributed by atoms with van der Waals surface area (Å²) in [5.74, 6) is 1.05. The summed E-state index contributed by atoms with van der Waals surface area (Å²) in [5, 5.41) is 4.11. The van der Waals surface area contributed by atoms with Crippen LogP contribution in [-0.4, -0.2) is 29.2 Å². The van der Waals surface area contributed by atoms with Crippen LogP contribution in [0, 0.1) is 0 Å². The zero-order chi connectivity index (χ0) is 12.8. The Morgan fingerprint density at radius 2 is 2.26 bits per heavy atom. The van der Waals surface area contributed by atoms with Gasteiger partial charge in [-0.3, -0.25) is 0 Å². The number of benzene rings is 1. The first-order valence-corrected chi connectivity index (χ1v) is 7.20. The molecule has 0 spiro atoms. The fourth-order valence-electron chi connectivity index (χ4n) is 2.77. The highest BCUT2D eigenvalue weighted by Gasteiger charge is 2.32. The zero-order valence-electron chi connectivity index (χ0n) is 10.6. The zero-order valence-corrected chi connectivity index (χ0v) is 11.4. The van der Waals surface area contributed by atoms with Crippen molar-refractivity contribution >= 4 is 22.6 Å². The molecule has 19 heavy (non-hydrogen) atoms. The lowest BCUT2D eigenvalue weighted by molar-refractivity contribution is 0.0202. The lowest BCUT2D eigenvalue weighted by atomic mass is 10.3. The van der Waals surface area contributed by atoms with Crippen LogP contribution in [0.5, 0.6) is 0 Å². The molecular weight excluding hydrogens is 262 g/mol. The van der Waals surface area contributed by atoms with Gasteiger partial charge in [-0.1, -0.05) is 11.6 Å². The van der Waals surface area contributed by atoms with Gasteiger partial charge in [0.25, 0.3) is 0 Å². The van der Waals surface area contributed by atoms with Gasteiger partial charge in [-0.2, -0.15) is 0 Å². The molecule has 2 aliphatic rings. The van der Waals surface area contributed by atoms with Crippen LogP contribution in [0.25, 0.3) is 11.0 Å². The smallest absolute Gasteiger partial charge is 0.140 e.